The summed E-state index contributed by atoms with van der Waals surface area (Å²) in [5, 5.41) is 5.53. The van der Waals surface area contributed by atoms with Crippen LogP contribution in [-0.4, -0.2) is 60.6 Å². The predicted octanol–water partition coefficient (Wildman–Crippen LogP) is -0.813. The van der Waals surface area contributed by atoms with Gasteiger partial charge in [0.25, 0.3) is 0 Å². The van der Waals surface area contributed by atoms with Gasteiger partial charge in [-0.25, -0.2) is 16.8 Å². The van der Waals surface area contributed by atoms with Crippen molar-refractivity contribution in [3.63, 3.8) is 0 Å². The smallest absolute Gasteiger partial charge is 0.412 e. The van der Waals surface area contributed by atoms with Crippen LogP contribution < -0.4 is 10.6 Å². The molecule has 2 atom stereocenters. The fourth-order valence-corrected chi connectivity index (χ4v) is 6.16. The maximum atomic E-state index is 10.9. The molecule has 0 aromatic carbocycles. The fraction of sp³-hybridized carbons (Fsp3) is 0.800. The normalized spacial score (nSPS) is 27.0. The summed E-state index contributed by atoms with van der Waals surface area (Å²) >= 11 is 18.5. The Hall–Kier alpha value is 0.743. The predicted molar refractivity (Wildman–Crippen MR) is 100 cm³/mol. The Morgan fingerprint density at radius 2 is 1.13 bits per heavy atom. The quantitative estimate of drug-likeness (QED) is 0.294. The first-order valence-corrected chi connectivity index (χ1v) is 11.6. The zero-order valence-corrected chi connectivity index (χ0v) is 20.1. The van der Waals surface area contributed by atoms with Crippen molar-refractivity contribution < 1.29 is 36.3 Å². The molecular formula is C10H16N2O4S6Zn. The third-order valence-electron chi connectivity index (χ3n) is 3.11. The van der Waals surface area contributed by atoms with Crippen LogP contribution in [0.25, 0.3) is 0 Å². The molecule has 0 saturated carbocycles. The van der Waals surface area contributed by atoms with E-state index in [9.17, 15) is 16.8 Å². The summed E-state index contributed by atoms with van der Waals surface area (Å²) in [6.45, 7) is 0. The molecule has 0 aromatic heterocycles. The van der Waals surface area contributed by atoms with Crippen molar-refractivity contribution in [3.8, 4) is 0 Å². The van der Waals surface area contributed by atoms with Crippen LogP contribution in [0.5, 0.6) is 0 Å². The molecule has 2 heterocycles. The molecule has 0 aromatic rings. The van der Waals surface area contributed by atoms with Crippen molar-refractivity contribution in [1.82, 2.24) is 10.6 Å². The fourth-order valence-electron chi connectivity index (χ4n) is 2.15. The second-order valence-corrected chi connectivity index (χ2v) is 11.7. The second kappa shape index (κ2) is 10.0. The molecule has 128 valence electrons. The Morgan fingerprint density at radius 1 is 0.826 bits per heavy atom. The summed E-state index contributed by atoms with van der Waals surface area (Å²) in [5.74, 6) is 0.846. The van der Waals surface area contributed by atoms with Crippen LogP contribution in [0.1, 0.15) is 12.8 Å². The number of rotatable bonds is 2. The molecule has 2 unspecified atom stereocenters. The molecule has 2 fully saturated rings. The van der Waals surface area contributed by atoms with E-state index in [-0.39, 0.29) is 63.2 Å². The van der Waals surface area contributed by atoms with Gasteiger partial charge in [-0.15, -0.1) is 0 Å². The van der Waals surface area contributed by atoms with Gasteiger partial charge in [0.1, 0.15) is 0 Å². The van der Waals surface area contributed by atoms with Gasteiger partial charge in [-0.05, 0) is 12.8 Å². The molecule has 23 heavy (non-hydrogen) atoms. The van der Waals surface area contributed by atoms with Gasteiger partial charge in [0.05, 0.1) is 23.0 Å². The average molecular weight is 486 g/mol. The SMILES string of the molecule is O=S1(=O)CCC(NC(=S)[S-])C1.O=S1(=O)CCC(NC(=S)[S-])C1.[Zn+2]. The van der Waals surface area contributed by atoms with E-state index in [1.807, 2.05) is 0 Å². The van der Waals surface area contributed by atoms with E-state index in [1.165, 1.54) is 0 Å². The zero-order valence-electron chi connectivity index (χ0n) is 12.2. The first kappa shape index (κ1) is 23.7. The van der Waals surface area contributed by atoms with Gasteiger partial charge in [-0.2, -0.15) is 0 Å². The average Bonchev–Trinajstić information content (AvgIpc) is 2.80. The largest absolute Gasteiger partial charge is 2.00 e. The molecule has 2 saturated heterocycles. The van der Waals surface area contributed by atoms with Crippen molar-refractivity contribution >= 4 is 78.0 Å². The molecule has 2 rings (SSSR count). The minimum Gasteiger partial charge on any atom is -0.412 e. The number of hydrogen-bond donors (Lipinski definition) is 2. The van der Waals surface area contributed by atoms with Crippen molar-refractivity contribution in [2.24, 2.45) is 0 Å². The Kier molecular flexibility index (Phi) is 10.4. The zero-order chi connectivity index (χ0) is 17.0. The van der Waals surface area contributed by atoms with Crippen LogP contribution in [-0.2, 0) is 64.4 Å². The summed E-state index contributed by atoms with van der Waals surface area (Å²) < 4.78 is 44.1. The van der Waals surface area contributed by atoms with Gasteiger partial charge >= 0.3 is 19.5 Å². The topological polar surface area (TPSA) is 92.3 Å². The Balaban J connectivity index is 0.000000403. The van der Waals surface area contributed by atoms with Crippen LogP contribution in [0.3, 0.4) is 0 Å². The minimum atomic E-state index is -2.81. The van der Waals surface area contributed by atoms with Gasteiger partial charge in [0, 0.05) is 12.1 Å². The standard InChI is InChI=1S/2C5H9NO2S3.Zn/c2*7-11(8)2-1-4(3-11)6-5(9)10;/h2*4H,1-3H2,(H2,6,9,10);/q;;+2/p-2. The third-order valence-corrected chi connectivity index (χ3v) is 7.12. The Bertz CT molecular complexity index is 580. The summed E-state index contributed by atoms with van der Waals surface area (Å²) in [6, 6.07) is -0.102. The van der Waals surface area contributed by atoms with Crippen LogP contribution in [0, 0.1) is 0 Å². The van der Waals surface area contributed by atoms with E-state index in [0.29, 0.717) is 12.8 Å². The first-order valence-electron chi connectivity index (χ1n) is 6.35. The molecule has 0 aliphatic carbocycles. The van der Waals surface area contributed by atoms with Crippen LogP contribution >= 0.6 is 24.4 Å². The van der Waals surface area contributed by atoms with E-state index in [2.05, 4.69) is 60.3 Å². The second-order valence-electron chi connectivity index (χ2n) is 5.06. The summed E-state index contributed by atoms with van der Waals surface area (Å²) in [5.41, 5.74) is 0. The molecule has 6 nitrogen and oxygen atoms in total. The monoisotopic (exact) mass is 484 g/mol. The molecule has 0 bridgehead atoms. The Morgan fingerprint density at radius 3 is 1.30 bits per heavy atom. The third kappa shape index (κ3) is 10.4. The number of sulfone groups is 2. The van der Waals surface area contributed by atoms with Crippen LogP contribution in [0.4, 0.5) is 0 Å². The minimum absolute atomic E-state index is 0. The molecule has 0 radical (unpaired) electrons. The van der Waals surface area contributed by atoms with Crippen LogP contribution in [0.15, 0.2) is 0 Å². The molecule has 2 N–H and O–H groups in total. The van der Waals surface area contributed by atoms with Gasteiger partial charge in [-0.3, -0.25) is 0 Å². The van der Waals surface area contributed by atoms with Gasteiger partial charge in [-0.1, -0.05) is 8.64 Å². The van der Waals surface area contributed by atoms with E-state index in [4.69, 9.17) is 0 Å². The summed E-state index contributed by atoms with van der Waals surface area (Å²) in [7, 11) is -5.62. The van der Waals surface area contributed by atoms with Gasteiger partial charge in [0.15, 0.2) is 19.7 Å². The molecule has 2 aliphatic heterocycles. The number of nitrogens with one attached hydrogen (secondary N) is 2. The van der Waals surface area contributed by atoms with Gasteiger partial charge < -0.3 is 60.3 Å². The summed E-state index contributed by atoms with van der Waals surface area (Å²) in [6.07, 6.45) is 1.25. The number of thiocarbonyl (C=S) groups is 2. The molecule has 13 heteroatoms. The number of hydrogen-bond acceptors (Lipinski definition) is 8. The van der Waals surface area contributed by atoms with Crippen molar-refractivity contribution in [1.29, 1.82) is 0 Å². The maximum absolute atomic E-state index is 10.9. The van der Waals surface area contributed by atoms with Crippen molar-refractivity contribution in [2.45, 2.75) is 24.9 Å². The molecule has 0 spiro atoms. The van der Waals surface area contributed by atoms with E-state index in [1.54, 1.807) is 0 Å². The van der Waals surface area contributed by atoms with Crippen molar-refractivity contribution in [3.05, 3.63) is 0 Å². The summed E-state index contributed by atoms with van der Waals surface area (Å²) in [4.78, 5) is 0. The molecule has 2 aliphatic rings. The van der Waals surface area contributed by atoms with Crippen LogP contribution in [0.2, 0.25) is 0 Å². The van der Waals surface area contributed by atoms with Gasteiger partial charge in [0.2, 0.25) is 0 Å². The first-order chi connectivity index (χ1) is 9.99. The van der Waals surface area contributed by atoms with E-state index >= 15 is 0 Å². The van der Waals surface area contributed by atoms with E-state index in [0.717, 1.165) is 0 Å². The van der Waals surface area contributed by atoms with E-state index < -0.39 is 19.7 Å². The molecule has 0 amide bonds. The molecular weight excluding hydrogens is 470 g/mol. The Labute approximate surface area is 171 Å². The maximum Gasteiger partial charge on any atom is 2.00 e. The van der Waals surface area contributed by atoms with Crippen molar-refractivity contribution in [2.75, 3.05) is 23.0 Å².